The Kier molecular flexibility index (Phi) is 4.18. The van der Waals surface area contributed by atoms with Crippen molar-refractivity contribution in [3.8, 4) is 0 Å². The molecule has 3 nitrogen and oxygen atoms in total. The minimum absolute atomic E-state index is 0.351. The zero-order chi connectivity index (χ0) is 13.1. The molecule has 2 heterocycles. The molecule has 0 bridgehead atoms. The van der Waals surface area contributed by atoms with Gasteiger partial charge in [0.25, 0.3) is 0 Å². The molecular formula is C15H22N2OS. The summed E-state index contributed by atoms with van der Waals surface area (Å²) in [5.74, 6) is 0.351. The predicted molar refractivity (Wildman–Crippen MR) is 78.1 cm³/mol. The molecule has 0 aromatic carbocycles. The van der Waals surface area contributed by atoms with Gasteiger partial charge in [0.15, 0.2) is 0 Å². The normalized spacial score (nSPS) is 22.6. The molecule has 104 valence electrons. The molecule has 1 aliphatic carbocycles. The molecule has 0 radical (unpaired) electrons. The second-order valence-electron chi connectivity index (χ2n) is 5.66. The van der Waals surface area contributed by atoms with Crippen molar-refractivity contribution >= 4 is 17.2 Å². The van der Waals surface area contributed by atoms with Gasteiger partial charge in [0.1, 0.15) is 0 Å². The van der Waals surface area contributed by atoms with E-state index in [-0.39, 0.29) is 0 Å². The van der Waals surface area contributed by atoms with E-state index < -0.39 is 0 Å². The van der Waals surface area contributed by atoms with E-state index in [9.17, 15) is 4.79 Å². The van der Waals surface area contributed by atoms with E-state index in [2.05, 4.69) is 27.7 Å². The van der Waals surface area contributed by atoms with Gasteiger partial charge in [-0.05, 0) is 50.1 Å². The van der Waals surface area contributed by atoms with Crippen LogP contribution in [0, 0.1) is 0 Å². The van der Waals surface area contributed by atoms with Crippen LogP contribution in [0.15, 0.2) is 17.5 Å². The van der Waals surface area contributed by atoms with Gasteiger partial charge in [0.05, 0.1) is 6.54 Å². The topological polar surface area (TPSA) is 32.3 Å². The Balaban J connectivity index is 1.52. The Morgan fingerprint density at radius 3 is 2.95 bits per heavy atom. The molecule has 3 rings (SSSR count). The van der Waals surface area contributed by atoms with E-state index in [0.717, 1.165) is 19.5 Å². The highest BCUT2D eigenvalue weighted by Crippen LogP contribution is 2.30. The van der Waals surface area contributed by atoms with Gasteiger partial charge in [-0.3, -0.25) is 4.79 Å². The van der Waals surface area contributed by atoms with Crippen molar-refractivity contribution in [1.29, 1.82) is 0 Å². The van der Waals surface area contributed by atoms with Crippen molar-refractivity contribution < 1.29 is 4.79 Å². The smallest absolute Gasteiger partial charge is 0.223 e. The summed E-state index contributed by atoms with van der Waals surface area (Å²) in [6.45, 7) is 1.94. The number of nitrogens with one attached hydrogen (secondary N) is 1. The zero-order valence-electron chi connectivity index (χ0n) is 11.3. The second kappa shape index (κ2) is 6.06. The molecule has 1 aliphatic heterocycles. The molecule has 1 atom stereocenters. The second-order valence-corrected chi connectivity index (χ2v) is 6.70. The number of carbonyl (C=O) groups excluding carboxylic acids is 1. The van der Waals surface area contributed by atoms with Crippen LogP contribution in [-0.4, -0.2) is 29.4 Å². The average molecular weight is 278 g/mol. The van der Waals surface area contributed by atoms with Gasteiger partial charge < -0.3 is 10.2 Å². The van der Waals surface area contributed by atoms with Crippen LogP contribution in [-0.2, 0) is 11.3 Å². The lowest BCUT2D eigenvalue weighted by atomic mass is 10.1. The summed E-state index contributed by atoms with van der Waals surface area (Å²) in [7, 11) is 0. The molecule has 2 aliphatic rings. The fourth-order valence-electron chi connectivity index (χ4n) is 2.82. The summed E-state index contributed by atoms with van der Waals surface area (Å²) < 4.78 is 0. The van der Waals surface area contributed by atoms with Crippen molar-refractivity contribution in [3.63, 3.8) is 0 Å². The molecule has 1 aromatic heterocycles. The van der Waals surface area contributed by atoms with Crippen LogP contribution in [0.25, 0.3) is 0 Å². The number of hydrogen-bond donors (Lipinski definition) is 1. The summed E-state index contributed by atoms with van der Waals surface area (Å²) in [6, 6.07) is 5.29. The van der Waals surface area contributed by atoms with Crippen molar-refractivity contribution in [2.45, 2.75) is 57.2 Å². The summed E-state index contributed by atoms with van der Waals surface area (Å²) in [5, 5.41) is 5.56. The van der Waals surface area contributed by atoms with Gasteiger partial charge >= 0.3 is 0 Å². The van der Waals surface area contributed by atoms with Crippen LogP contribution in [0.2, 0.25) is 0 Å². The fourth-order valence-corrected chi connectivity index (χ4v) is 3.52. The van der Waals surface area contributed by atoms with Gasteiger partial charge in [-0.2, -0.15) is 0 Å². The van der Waals surface area contributed by atoms with Gasteiger partial charge in [0.2, 0.25) is 5.91 Å². The van der Waals surface area contributed by atoms with Crippen LogP contribution in [0.3, 0.4) is 0 Å². The maximum atomic E-state index is 12.4. The van der Waals surface area contributed by atoms with Crippen molar-refractivity contribution in [1.82, 2.24) is 10.2 Å². The number of carbonyl (C=O) groups is 1. The number of amides is 1. The highest BCUT2D eigenvalue weighted by atomic mass is 32.1. The lowest BCUT2D eigenvalue weighted by Gasteiger charge is -2.22. The molecule has 1 aromatic rings. The quantitative estimate of drug-likeness (QED) is 0.868. The minimum Gasteiger partial charge on any atom is -0.335 e. The molecule has 1 saturated heterocycles. The third-order valence-electron chi connectivity index (χ3n) is 4.08. The van der Waals surface area contributed by atoms with E-state index in [1.165, 1.54) is 30.6 Å². The molecular weight excluding hydrogens is 256 g/mol. The third-order valence-corrected chi connectivity index (χ3v) is 4.94. The summed E-state index contributed by atoms with van der Waals surface area (Å²) >= 11 is 1.75. The lowest BCUT2D eigenvalue weighted by molar-refractivity contribution is -0.132. The van der Waals surface area contributed by atoms with Crippen LogP contribution in [0.5, 0.6) is 0 Å². The Morgan fingerprint density at radius 1 is 1.42 bits per heavy atom. The van der Waals surface area contributed by atoms with Gasteiger partial charge in [-0.15, -0.1) is 11.3 Å². The van der Waals surface area contributed by atoms with Crippen molar-refractivity contribution in [2.24, 2.45) is 0 Å². The molecule has 0 spiro atoms. The Labute approximate surface area is 119 Å². The number of thiophene rings is 1. The summed E-state index contributed by atoms with van der Waals surface area (Å²) in [5.41, 5.74) is 0. The van der Waals surface area contributed by atoms with E-state index in [0.29, 0.717) is 24.4 Å². The first-order valence-electron chi connectivity index (χ1n) is 7.38. The molecule has 4 heteroatoms. The van der Waals surface area contributed by atoms with Crippen LogP contribution in [0.4, 0.5) is 0 Å². The highest BCUT2D eigenvalue weighted by Gasteiger charge is 2.32. The highest BCUT2D eigenvalue weighted by molar-refractivity contribution is 7.09. The first-order valence-corrected chi connectivity index (χ1v) is 8.26. The number of rotatable bonds is 6. The zero-order valence-corrected chi connectivity index (χ0v) is 12.1. The molecule has 1 saturated carbocycles. The standard InChI is InChI=1S/C15H22N2OS/c18-15(8-5-12-3-1-9-16-12)17(13-6-7-13)11-14-4-2-10-19-14/h2,4,10,12-13,16H,1,3,5-9,11H2. The Hall–Kier alpha value is -0.870. The van der Waals surface area contributed by atoms with Crippen LogP contribution >= 0.6 is 11.3 Å². The first-order chi connectivity index (χ1) is 9.33. The average Bonchev–Trinajstić information content (AvgIpc) is 2.94. The SMILES string of the molecule is O=C(CCC1CCCN1)N(Cc1cccs1)C1CC1. The maximum absolute atomic E-state index is 12.4. The minimum atomic E-state index is 0.351. The summed E-state index contributed by atoms with van der Waals surface area (Å²) in [6.07, 6.45) is 6.60. The van der Waals surface area contributed by atoms with E-state index >= 15 is 0 Å². The Bertz CT molecular complexity index is 408. The first kappa shape index (κ1) is 13.1. The van der Waals surface area contributed by atoms with E-state index in [1.54, 1.807) is 11.3 Å². The van der Waals surface area contributed by atoms with Crippen LogP contribution in [0.1, 0.15) is 43.4 Å². The monoisotopic (exact) mass is 278 g/mol. The third kappa shape index (κ3) is 3.57. The molecule has 1 unspecified atom stereocenters. The lowest BCUT2D eigenvalue weighted by Crippen LogP contribution is -2.33. The van der Waals surface area contributed by atoms with Gasteiger partial charge in [0, 0.05) is 23.4 Å². The molecule has 1 amide bonds. The Morgan fingerprint density at radius 2 is 2.32 bits per heavy atom. The van der Waals surface area contributed by atoms with E-state index in [1.807, 2.05) is 0 Å². The molecule has 2 fully saturated rings. The van der Waals surface area contributed by atoms with Gasteiger partial charge in [-0.1, -0.05) is 6.07 Å². The summed E-state index contributed by atoms with van der Waals surface area (Å²) in [4.78, 5) is 15.8. The fraction of sp³-hybridized carbons (Fsp3) is 0.667. The molecule has 1 N–H and O–H groups in total. The van der Waals surface area contributed by atoms with Crippen molar-refractivity contribution in [2.75, 3.05) is 6.54 Å². The van der Waals surface area contributed by atoms with E-state index in [4.69, 9.17) is 0 Å². The maximum Gasteiger partial charge on any atom is 0.223 e. The number of nitrogens with zero attached hydrogens (tertiary/aromatic N) is 1. The predicted octanol–water partition coefficient (Wildman–Crippen LogP) is 2.77. The largest absolute Gasteiger partial charge is 0.335 e. The van der Waals surface area contributed by atoms with Gasteiger partial charge in [-0.25, -0.2) is 0 Å². The number of hydrogen-bond acceptors (Lipinski definition) is 3. The molecule has 19 heavy (non-hydrogen) atoms. The van der Waals surface area contributed by atoms with Crippen LogP contribution < -0.4 is 5.32 Å². The van der Waals surface area contributed by atoms with Crippen molar-refractivity contribution in [3.05, 3.63) is 22.4 Å².